The first kappa shape index (κ1) is 22.9. The number of methoxy groups -OCH3 is 3. The van der Waals surface area contributed by atoms with Gasteiger partial charge in [0, 0.05) is 23.8 Å². The van der Waals surface area contributed by atoms with Gasteiger partial charge in [0.1, 0.15) is 5.82 Å². The molecule has 8 nitrogen and oxygen atoms in total. The molecule has 8 heteroatoms. The van der Waals surface area contributed by atoms with Gasteiger partial charge in [-0.05, 0) is 35.9 Å². The van der Waals surface area contributed by atoms with Crippen LogP contribution in [0.25, 0.3) is 11.9 Å². The first-order valence-corrected chi connectivity index (χ1v) is 10.1. The Morgan fingerprint density at radius 1 is 1.03 bits per heavy atom. The number of aromatic nitrogens is 3. The molecule has 2 heterocycles. The van der Waals surface area contributed by atoms with E-state index in [9.17, 15) is 4.79 Å². The van der Waals surface area contributed by atoms with Gasteiger partial charge in [-0.3, -0.25) is 4.79 Å². The van der Waals surface area contributed by atoms with Crippen molar-refractivity contribution in [2.75, 3.05) is 26.6 Å². The Bertz CT molecular complexity index is 1090. The van der Waals surface area contributed by atoms with E-state index in [1.807, 2.05) is 24.3 Å². The fourth-order valence-electron chi connectivity index (χ4n) is 3.03. The first-order valence-electron chi connectivity index (χ1n) is 10.1. The number of rotatable bonds is 7. The number of hydrogen-bond donors (Lipinski definition) is 1. The van der Waals surface area contributed by atoms with Gasteiger partial charge in [0.15, 0.2) is 17.3 Å². The normalized spacial score (nSPS) is 11.4. The first-order chi connectivity index (χ1) is 15.3. The van der Waals surface area contributed by atoms with Gasteiger partial charge < -0.3 is 19.5 Å². The molecular formula is C24H28N4O4. The lowest BCUT2D eigenvalue weighted by molar-refractivity contribution is -0.111. The summed E-state index contributed by atoms with van der Waals surface area (Å²) in [6, 6.07) is 10.9. The Kier molecular flexibility index (Phi) is 6.82. The third-order valence-corrected chi connectivity index (χ3v) is 4.71. The van der Waals surface area contributed by atoms with Crippen LogP contribution in [0.15, 0.2) is 48.7 Å². The molecular weight excluding hydrogens is 408 g/mol. The fourth-order valence-corrected chi connectivity index (χ4v) is 3.03. The monoisotopic (exact) mass is 436 g/mol. The Morgan fingerprint density at radius 2 is 1.72 bits per heavy atom. The summed E-state index contributed by atoms with van der Waals surface area (Å²) < 4.78 is 17.7. The topological polar surface area (TPSA) is 87.5 Å². The second-order valence-corrected chi connectivity index (χ2v) is 8.05. The molecule has 2 aromatic heterocycles. The molecule has 32 heavy (non-hydrogen) atoms. The second kappa shape index (κ2) is 9.55. The van der Waals surface area contributed by atoms with Crippen molar-refractivity contribution in [3.05, 3.63) is 59.9 Å². The van der Waals surface area contributed by atoms with Gasteiger partial charge in [-0.2, -0.15) is 9.78 Å². The van der Waals surface area contributed by atoms with Gasteiger partial charge in [0.25, 0.3) is 0 Å². The molecule has 0 unspecified atom stereocenters. The van der Waals surface area contributed by atoms with Crippen molar-refractivity contribution in [2.24, 2.45) is 0 Å². The molecule has 0 aliphatic heterocycles. The summed E-state index contributed by atoms with van der Waals surface area (Å²) >= 11 is 0. The highest BCUT2D eigenvalue weighted by Crippen LogP contribution is 2.38. The van der Waals surface area contributed by atoms with Crippen molar-refractivity contribution in [3.63, 3.8) is 0 Å². The van der Waals surface area contributed by atoms with Crippen molar-refractivity contribution in [1.82, 2.24) is 14.8 Å². The lowest BCUT2D eigenvalue weighted by Gasteiger charge is -2.13. The van der Waals surface area contributed by atoms with E-state index in [4.69, 9.17) is 14.2 Å². The number of anilines is 1. The molecule has 0 spiro atoms. The number of nitrogens with one attached hydrogen (secondary N) is 1. The van der Waals surface area contributed by atoms with E-state index in [-0.39, 0.29) is 11.3 Å². The Balaban J connectivity index is 1.88. The number of hydrogen-bond acceptors (Lipinski definition) is 6. The smallest absolute Gasteiger partial charge is 0.249 e. The van der Waals surface area contributed by atoms with Gasteiger partial charge in [-0.25, -0.2) is 4.98 Å². The van der Waals surface area contributed by atoms with E-state index >= 15 is 0 Å². The van der Waals surface area contributed by atoms with Gasteiger partial charge >= 0.3 is 0 Å². The van der Waals surface area contributed by atoms with Crippen LogP contribution in [0.2, 0.25) is 0 Å². The summed E-state index contributed by atoms with van der Waals surface area (Å²) in [5.74, 6) is 2.35. The predicted molar refractivity (Wildman–Crippen MR) is 124 cm³/mol. The van der Waals surface area contributed by atoms with Crippen LogP contribution in [-0.2, 0) is 10.2 Å². The summed E-state index contributed by atoms with van der Waals surface area (Å²) in [4.78, 5) is 17.1. The van der Waals surface area contributed by atoms with Crippen LogP contribution in [0.5, 0.6) is 17.2 Å². The minimum Gasteiger partial charge on any atom is -0.493 e. The minimum absolute atomic E-state index is 0.189. The van der Waals surface area contributed by atoms with Crippen molar-refractivity contribution in [2.45, 2.75) is 26.2 Å². The maximum atomic E-state index is 12.7. The van der Waals surface area contributed by atoms with Crippen LogP contribution >= 0.6 is 0 Å². The van der Waals surface area contributed by atoms with E-state index in [1.165, 1.54) is 6.08 Å². The molecule has 168 valence electrons. The standard InChI is InChI=1S/C24H28N4O4/c1-24(2,3)19-15-21(28(27-19)20-9-7-8-12-25-20)26-22(29)11-10-16-13-17(30-4)23(32-6)18(14-16)31-5/h7-15H,1-6H3,(H,26,29)/b11-10+. The molecule has 1 amide bonds. The van der Waals surface area contributed by atoms with Crippen molar-refractivity contribution in [3.8, 4) is 23.1 Å². The predicted octanol–water partition coefficient (Wildman–Crippen LogP) is 4.24. The molecule has 0 fully saturated rings. The lowest BCUT2D eigenvalue weighted by atomic mass is 9.92. The van der Waals surface area contributed by atoms with Crippen molar-refractivity contribution < 1.29 is 19.0 Å². The molecule has 0 bridgehead atoms. The average molecular weight is 437 g/mol. The number of carbonyl (C=O) groups is 1. The summed E-state index contributed by atoms with van der Waals surface area (Å²) in [6.07, 6.45) is 4.79. The SMILES string of the molecule is COc1cc(/C=C/C(=O)Nc2cc(C(C)(C)C)nn2-c2ccccn2)cc(OC)c1OC. The second-order valence-electron chi connectivity index (χ2n) is 8.05. The number of carbonyl (C=O) groups excluding carboxylic acids is 1. The van der Waals surface area contributed by atoms with Crippen LogP contribution in [0.1, 0.15) is 32.0 Å². The van der Waals surface area contributed by atoms with Crippen LogP contribution < -0.4 is 19.5 Å². The molecule has 1 N–H and O–H groups in total. The third-order valence-electron chi connectivity index (χ3n) is 4.71. The molecule has 0 atom stereocenters. The van der Waals surface area contributed by atoms with Gasteiger partial charge in [-0.1, -0.05) is 26.8 Å². The molecule has 1 aromatic carbocycles. The Labute approximate surface area is 187 Å². The van der Waals surface area contributed by atoms with Crippen molar-refractivity contribution in [1.29, 1.82) is 0 Å². The zero-order valence-corrected chi connectivity index (χ0v) is 19.2. The summed E-state index contributed by atoms with van der Waals surface area (Å²) in [6.45, 7) is 6.19. The molecule has 0 aliphatic rings. The highest BCUT2D eigenvalue weighted by molar-refractivity contribution is 6.01. The van der Waals surface area contributed by atoms with Gasteiger partial charge in [0.05, 0.1) is 27.0 Å². The van der Waals surface area contributed by atoms with E-state index in [1.54, 1.807) is 50.4 Å². The van der Waals surface area contributed by atoms with Gasteiger partial charge in [-0.15, -0.1) is 0 Å². The van der Waals surface area contributed by atoms with E-state index in [0.29, 0.717) is 28.9 Å². The van der Waals surface area contributed by atoms with E-state index < -0.39 is 0 Å². The number of benzene rings is 1. The maximum absolute atomic E-state index is 12.7. The Hall–Kier alpha value is -3.81. The average Bonchev–Trinajstić information content (AvgIpc) is 3.21. The molecule has 3 aromatic rings. The zero-order chi connectivity index (χ0) is 23.3. The number of pyridine rings is 1. The van der Waals surface area contributed by atoms with Crippen LogP contribution in [0.4, 0.5) is 5.82 Å². The maximum Gasteiger partial charge on any atom is 0.249 e. The number of ether oxygens (including phenoxy) is 3. The Morgan fingerprint density at radius 3 is 2.25 bits per heavy atom. The summed E-state index contributed by atoms with van der Waals surface area (Å²) in [5, 5.41) is 7.55. The zero-order valence-electron chi connectivity index (χ0n) is 19.2. The molecule has 0 saturated carbocycles. The number of nitrogens with zero attached hydrogens (tertiary/aromatic N) is 3. The fraction of sp³-hybridized carbons (Fsp3) is 0.292. The lowest BCUT2D eigenvalue weighted by Crippen LogP contribution is -2.13. The highest BCUT2D eigenvalue weighted by Gasteiger charge is 2.21. The van der Waals surface area contributed by atoms with E-state index in [0.717, 1.165) is 11.3 Å². The number of amides is 1. The molecule has 3 rings (SSSR count). The molecule has 0 aliphatic carbocycles. The molecule has 0 radical (unpaired) electrons. The van der Waals surface area contributed by atoms with Crippen molar-refractivity contribution >= 4 is 17.8 Å². The molecule has 0 saturated heterocycles. The largest absolute Gasteiger partial charge is 0.493 e. The van der Waals surface area contributed by atoms with Crippen LogP contribution in [0, 0.1) is 0 Å². The van der Waals surface area contributed by atoms with Crippen LogP contribution in [-0.4, -0.2) is 42.0 Å². The summed E-state index contributed by atoms with van der Waals surface area (Å²) in [5.41, 5.74) is 1.38. The summed E-state index contributed by atoms with van der Waals surface area (Å²) in [7, 11) is 4.63. The van der Waals surface area contributed by atoms with Crippen LogP contribution in [0.3, 0.4) is 0 Å². The third kappa shape index (κ3) is 5.08. The van der Waals surface area contributed by atoms with E-state index in [2.05, 4.69) is 36.2 Å². The highest BCUT2D eigenvalue weighted by atomic mass is 16.5. The quantitative estimate of drug-likeness (QED) is 0.558. The van der Waals surface area contributed by atoms with Gasteiger partial charge in [0.2, 0.25) is 11.7 Å². The minimum atomic E-state index is -0.309.